The van der Waals surface area contributed by atoms with E-state index in [1.54, 1.807) is 0 Å². The number of halogens is 1. The summed E-state index contributed by atoms with van der Waals surface area (Å²) in [4.78, 5) is 13.1. The van der Waals surface area contributed by atoms with Crippen LogP contribution in [-0.2, 0) is 4.74 Å². The van der Waals surface area contributed by atoms with Crippen molar-refractivity contribution in [2.24, 2.45) is 0 Å². The van der Waals surface area contributed by atoms with Crippen molar-refractivity contribution in [1.82, 2.24) is 15.0 Å². The largest absolute Gasteiger partial charge is 0.394 e. The SMILES string of the molecule is CC(C)Nc1nc(Cl)nc(N(C(C)O)C2O[C@@H](CO)[C@H](O)[C@H](O)[C@@H]2O)n1. The fraction of sp³-hybridized carbons (Fsp3) is 0.786. The lowest BCUT2D eigenvalue weighted by atomic mass is 9.98. The Labute approximate surface area is 155 Å². The first-order chi connectivity index (χ1) is 12.1. The first kappa shape index (κ1) is 21.0. The van der Waals surface area contributed by atoms with Crippen molar-refractivity contribution < 1.29 is 30.3 Å². The molecule has 2 rings (SSSR count). The second-order valence-corrected chi connectivity index (χ2v) is 6.62. The fourth-order valence-electron chi connectivity index (χ4n) is 2.58. The Morgan fingerprint density at radius 2 is 1.77 bits per heavy atom. The highest BCUT2D eigenvalue weighted by Crippen LogP contribution is 2.28. The number of anilines is 2. The van der Waals surface area contributed by atoms with E-state index in [1.165, 1.54) is 6.92 Å². The lowest BCUT2D eigenvalue weighted by Gasteiger charge is -2.45. The van der Waals surface area contributed by atoms with Gasteiger partial charge in [0.1, 0.15) is 30.6 Å². The van der Waals surface area contributed by atoms with E-state index in [9.17, 15) is 25.5 Å². The second-order valence-electron chi connectivity index (χ2n) is 6.29. The highest BCUT2D eigenvalue weighted by molar-refractivity contribution is 6.28. The predicted octanol–water partition coefficient (Wildman–Crippen LogP) is -1.71. The molecule has 1 saturated heterocycles. The number of hydrogen-bond donors (Lipinski definition) is 6. The van der Waals surface area contributed by atoms with Crippen molar-refractivity contribution in [1.29, 1.82) is 0 Å². The van der Waals surface area contributed by atoms with Crippen LogP contribution in [0.3, 0.4) is 0 Å². The molecule has 26 heavy (non-hydrogen) atoms. The van der Waals surface area contributed by atoms with Gasteiger partial charge in [0.25, 0.3) is 0 Å². The summed E-state index contributed by atoms with van der Waals surface area (Å²) in [6.07, 6.45) is -8.51. The molecule has 0 spiro atoms. The molecule has 0 aliphatic carbocycles. The van der Waals surface area contributed by atoms with E-state index in [4.69, 9.17) is 16.3 Å². The van der Waals surface area contributed by atoms with Crippen LogP contribution in [0, 0.1) is 0 Å². The molecular weight excluding hydrogens is 370 g/mol. The minimum absolute atomic E-state index is 0.00595. The van der Waals surface area contributed by atoms with Gasteiger partial charge in [0.05, 0.1) is 6.61 Å². The molecule has 1 fully saturated rings. The van der Waals surface area contributed by atoms with Gasteiger partial charge in [-0.1, -0.05) is 0 Å². The summed E-state index contributed by atoms with van der Waals surface area (Å²) in [5.74, 6) is 0.0257. The zero-order chi connectivity index (χ0) is 19.6. The maximum absolute atomic E-state index is 10.3. The van der Waals surface area contributed by atoms with Crippen LogP contribution in [0.4, 0.5) is 11.9 Å². The van der Waals surface area contributed by atoms with Gasteiger partial charge in [0.2, 0.25) is 17.2 Å². The zero-order valence-corrected chi connectivity index (χ0v) is 15.3. The second kappa shape index (κ2) is 8.57. The molecule has 1 aromatic heterocycles. The molecule has 1 aliphatic heterocycles. The molecule has 11 nitrogen and oxygen atoms in total. The summed E-state index contributed by atoms with van der Waals surface area (Å²) in [6.45, 7) is 4.49. The summed E-state index contributed by atoms with van der Waals surface area (Å²) in [5, 5.41) is 52.5. The minimum atomic E-state index is -1.61. The van der Waals surface area contributed by atoms with Crippen LogP contribution in [0.5, 0.6) is 0 Å². The Hall–Kier alpha value is -1.34. The summed E-state index contributed by atoms with van der Waals surface area (Å²) >= 11 is 5.92. The Bertz CT molecular complexity index is 607. The molecule has 0 amide bonds. The summed E-state index contributed by atoms with van der Waals surface area (Å²) in [5.41, 5.74) is 0. The molecule has 1 aliphatic rings. The van der Waals surface area contributed by atoms with E-state index in [-0.39, 0.29) is 23.2 Å². The fourth-order valence-corrected chi connectivity index (χ4v) is 2.74. The topological polar surface area (TPSA) is 164 Å². The normalized spacial score (nSPS) is 30.3. The summed E-state index contributed by atoms with van der Waals surface area (Å²) < 4.78 is 5.46. The van der Waals surface area contributed by atoms with Crippen LogP contribution in [0.15, 0.2) is 0 Å². The van der Waals surface area contributed by atoms with Crippen molar-refractivity contribution in [3.63, 3.8) is 0 Å². The van der Waals surface area contributed by atoms with Gasteiger partial charge in [0, 0.05) is 6.04 Å². The standard InChI is InChI=1S/C14H24ClN5O6/c1-5(2)16-13-17-12(15)18-14(19-13)20(6(3)22)11-10(25)9(24)8(23)7(4-21)26-11/h5-11,21-25H,4H2,1-3H3,(H,16,17,18,19)/t6?,7-,8-,9-,10-,11?/m0/s1. The van der Waals surface area contributed by atoms with Crippen molar-refractivity contribution in [2.45, 2.75) is 63.7 Å². The average molecular weight is 394 g/mol. The van der Waals surface area contributed by atoms with Gasteiger partial charge in [-0.05, 0) is 32.4 Å². The monoisotopic (exact) mass is 393 g/mol. The van der Waals surface area contributed by atoms with Crippen LogP contribution in [-0.4, -0.2) is 90.0 Å². The third kappa shape index (κ3) is 4.49. The number of nitrogens with zero attached hydrogens (tertiary/aromatic N) is 4. The number of nitrogens with one attached hydrogen (secondary N) is 1. The molecule has 12 heteroatoms. The molecule has 2 unspecified atom stereocenters. The Balaban J connectivity index is 2.41. The lowest BCUT2D eigenvalue weighted by molar-refractivity contribution is -0.232. The van der Waals surface area contributed by atoms with Crippen LogP contribution in [0.2, 0.25) is 5.28 Å². The van der Waals surface area contributed by atoms with Crippen LogP contribution in [0.25, 0.3) is 0 Å². The van der Waals surface area contributed by atoms with E-state index < -0.39 is 43.5 Å². The molecule has 0 aromatic carbocycles. The quantitative estimate of drug-likeness (QED) is 0.305. The van der Waals surface area contributed by atoms with Crippen LogP contribution >= 0.6 is 11.6 Å². The van der Waals surface area contributed by atoms with Gasteiger partial charge in [-0.15, -0.1) is 0 Å². The van der Waals surface area contributed by atoms with Gasteiger partial charge in [0.15, 0.2) is 6.23 Å². The Morgan fingerprint density at radius 1 is 1.12 bits per heavy atom. The third-order valence-electron chi connectivity index (χ3n) is 3.79. The summed E-state index contributed by atoms with van der Waals surface area (Å²) in [7, 11) is 0. The van der Waals surface area contributed by atoms with Gasteiger partial charge >= 0.3 is 0 Å². The van der Waals surface area contributed by atoms with Crippen LogP contribution in [0.1, 0.15) is 20.8 Å². The van der Waals surface area contributed by atoms with E-state index in [1.807, 2.05) is 13.8 Å². The van der Waals surface area contributed by atoms with Gasteiger partial charge in [-0.25, -0.2) is 0 Å². The van der Waals surface area contributed by atoms with Gasteiger partial charge < -0.3 is 35.6 Å². The van der Waals surface area contributed by atoms with E-state index >= 15 is 0 Å². The van der Waals surface area contributed by atoms with Crippen molar-refractivity contribution in [3.8, 4) is 0 Å². The average Bonchev–Trinajstić information content (AvgIpc) is 2.53. The molecule has 0 saturated carbocycles. The molecule has 6 N–H and O–H groups in total. The molecule has 148 valence electrons. The zero-order valence-electron chi connectivity index (χ0n) is 14.6. The van der Waals surface area contributed by atoms with Crippen LogP contribution < -0.4 is 10.2 Å². The lowest BCUT2D eigenvalue weighted by Crippen LogP contribution is -2.65. The Morgan fingerprint density at radius 3 is 2.31 bits per heavy atom. The van der Waals surface area contributed by atoms with Gasteiger partial charge in [-0.2, -0.15) is 15.0 Å². The molecule has 0 bridgehead atoms. The van der Waals surface area contributed by atoms with Crippen molar-refractivity contribution in [3.05, 3.63) is 5.28 Å². The minimum Gasteiger partial charge on any atom is -0.394 e. The van der Waals surface area contributed by atoms with Crippen molar-refractivity contribution >= 4 is 23.5 Å². The smallest absolute Gasteiger partial charge is 0.235 e. The number of rotatable bonds is 6. The van der Waals surface area contributed by atoms with E-state index in [0.717, 1.165) is 4.90 Å². The molecule has 1 aromatic rings. The number of aliphatic hydroxyl groups is 5. The molecule has 0 radical (unpaired) electrons. The highest BCUT2D eigenvalue weighted by Gasteiger charge is 2.47. The molecule has 6 atom stereocenters. The van der Waals surface area contributed by atoms with Crippen molar-refractivity contribution in [2.75, 3.05) is 16.8 Å². The van der Waals surface area contributed by atoms with E-state index in [0.29, 0.717) is 0 Å². The number of aliphatic hydroxyl groups excluding tert-OH is 5. The first-order valence-corrected chi connectivity index (χ1v) is 8.48. The molecule has 2 heterocycles. The number of ether oxygens (including phenoxy) is 1. The van der Waals surface area contributed by atoms with Gasteiger partial charge in [-0.3, -0.25) is 4.90 Å². The highest BCUT2D eigenvalue weighted by atomic mass is 35.5. The maximum atomic E-state index is 10.3. The Kier molecular flexibility index (Phi) is 6.91. The third-order valence-corrected chi connectivity index (χ3v) is 3.96. The first-order valence-electron chi connectivity index (χ1n) is 8.10. The number of aromatic nitrogens is 3. The van der Waals surface area contributed by atoms with E-state index in [2.05, 4.69) is 20.3 Å². The predicted molar refractivity (Wildman–Crippen MR) is 91.5 cm³/mol. The summed E-state index contributed by atoms with van der Waals surface area (Å²) in [6, 6.07) is -0.00595. The maximum Gasteiger partial charge on any atom is 0.235 e. The molecular formula is C14H24ClN5O6. The number of hydrogen-bond acceptors (Lipinski definition) is 11.